The van der Waals surface area contributed by atoms with E-state index in [1.807, 2.05) is 18.3 Å². The van der Waals surface area contributed by atoms with Gasteiger partial charge in [-0.25, -0.2) is 4.98 Å². The Morgan fingerprint density at radius 3 is 2.76 bits per heavy atom. The highest BCUT2D eigenvalue weighted by Crippen LogP contribution is 2.17. The summed E-state index contributed by atoms with van der Waals surface area (Å²) < 4.78 is 5.03. The summed E-state index contributed by atoms with van der Waals surface area (Å²) in [6.45, 7) is 3.47. The summed E-state index contributed by atoms with van der Waals surface area (Å²) >= 11 is 0. The van der Waals surface area contributed by atoms with E-state index in [-0.39, 0.29) is 0 Å². The zero-order valence-corrected chi connectivity index (χ0v) is 10.6. The van der Waals surface area contributed by atoms with Crippen LogP contribution in [0, 0.1) is 5.92 Å². The fraction of sp³-hybridized carbons (Fsp3) is 0.615. The molecule has 2 heterocycles. The Hall–Kier alpha value is -1.29. The normalized spacial score (nSPS) is 18.0. The Labute approximate surface area is 103 Å². The average molecular weight is 235 g/mol. The van der Waals surface area contributed by atoms with Gasteiger partial charge in [0.05, 0.1) is 19.0 Å². The van der Waals surface area contributed by atoms with E-state index in [4.69, 9.17) is 4.74 Å². The Bertz CT molecular complexity index is 331. The van der Waals surface area contributed by atoms with Gasteiger partial charge >= 0.3 is 0 Å². The van der Waals surface area contributed by atoms with E-state index in [0.29, 0.717) is 5.88 Å². The standard InChI is InChI=1S/C13H21N3O/c1-16-7-5-11(6-8-16)9-14-12-3-4-13(17-2)15-10-12/h3-4,10-11,14H,5-9H2,1-2H3. The number of ether oxygens (including phenoxy) is 1. The van der Waals surface area contributed by atoms with Crippen molar-refractivity contribution in [3.8, 4) is 5.88 Å². The summed E-state index contributed by atoms with van der Waals surface area (Å²) in [7, 11) is 3.82. The molecule has 0 spiro atoms. The molecular formula is C13H21N3O. The highest BCUT2D eigenvalue weighted by molar-refractivity contribution is 5.41. The van der Waals surface area contributed by atoms with Crippen molar-refractivity contribution >= 4 is 5.69 Å². The molecule has 0 aliphatic carbocycles. The Morgan fingerprint density at radius 2 is 2.18 bits per heavy atom. The van der Waals surface area contributed by atoms with Crippen molar-refractivity contribution in [3.05, 3.63) is 18.3 Å². The number of methoxy groups -OCH3 is 1. The van der Waals surface area contributed by atoms with Crippen molar-refractivity contribution in [2.24, 2.45) is 5.92 Å². The maximum absolute atomic E-state index is 5.03. The highest BCUT2D eigenvalue weighted by Gasteiger charge is 2.15. The topological polar surface area (TPSA) is 37.4 Å². The zero-order chi connectivity index (χ0) is 12.1. The number of pyridine rings is 1. The molecule has 0 amide bonds. The minimum atomic E-state index is 0.662. The number of hydrogen-bond acceptors (Lipinski definition) is 4. The van der Waals surface area contributed by atoms with Crippen LogP contribution in [0.15, 0.2) is 18.3 Å². The van der Waals surface area contributed by atoms with Crippen molar-refractivity contribution in [3.63, 3.8) is 0 Å². The summed E-state index contributed by atoms with van der Waals surface area (Å²) in [4.78, 5) is 6.57. The Balaban J connectivity index is 1.77. The quantitative estimate of drug-likeness (QED) is 0.864. The molecule has 4 nitrogen and oxygen atoms in total. The summed E-state index contributed by atoms with van der Waals surface area (Å²) in [6.07, 6.45) is 4.40. The smallest absolute Gasteiger partial charge is 0.213 e. The van der Waals surface area contributed by atoms with E-state index in [1.165, 1.54) is 25.9 Å². The van der Waals surface area contributed by atoms with Gasteiger partial charge in [-0.05, 0) is 45.0 Å². The maximum atomic E-state index is 5.03. The van der Waals surface area contributed by atoms with Crippen LogP contribution in [-0.2, 0) is 0 Å². The van der Waals surface area contributed by atoms with Gasteiger partial charge in [-0.2, -0.15) is 0 Å². The molecule has 17 heavy (non-hydrogen) atoms. The molecule has 0 aromatic carbocycles. The molecule has 0 bridgehead atoms. The van der Waals surface area contributed by atoms with Crippen LogP contribution < -0.4 is 10.1 Å². The van der Waals surface area contributed by atoms with Gasteiger partial charge in [0.25, 0.3) is 0 Å². The van der Waals surface area contributed by atoms with E-state index in [0.717, 1.165) is 18.2 Å². The largest absolute Gasteiger partial charge is 0.481 e. The van der Waals surface area contributed by atoms with Gasteiger partial charge in [-0.15, -0.1) is 0 Å². The molecule has 1 aromatic heterocycles. The molecule has 2 rings (SSSR count). The van der Waals surface area contributed by atoms with Gasteiger partial charge in [0.1, 0.15) is 0 Å². The van der Waals surface area contributed by atoms with Crippen LogP contribution in [0.4, 0.5) is 5.69 Å². The van der Waals surface area contributed by atoms with Crippen molar-refractivity contribution in [1.29, 1.82) is 0 Å². The molecule has 4 heteroatoms. The predicted molar refractivity (Wildman–Crippen MR) is 69.5 cm³/mol. The number of nitrogens with one attached hydrogen (secondary N) is 1. The molecule has 1 saturated heterocycles. The summed E-state index contributed by atoms with van der Waals surface area (Å²) in [5.41, 5.74) is 1.07. The first-order chi connectivity index (χ1) is 8.28. The first-order valence-electron chi connectivity index (χ1n) is 6.20. The van der Waals surface area contributed by atoms with E-state index in [1.54, 1.807) is 7.11 Å². The van der Waals surface area contributed by atoms with E-state index >= 15 is 0 Å². The van der Waals surface area contributed by atoms with Crippen molar-refractivity contribution < 1.29 is 4.74 Å². The lowest BCUT2D eigenvalue weighted by Gasteiger charge is -2.29. The fourth-order valence-corrected chi connectivity index (χ4v) is 2.13. The minimum absolute atomic E-state index is 0.662. The first kappa shape index (κ1) is 12.2. The summed E-state index contributed by atoms with van der Waals surface area (Å²) in [6, 6.07) is 3.90. The SMILES string of the molecule is COc1ccc(NCC2CCN(C)CC2)cn1. The van der Waals surface area contributed by atoms with Crippen LogP contribution in [0.3, 0.4) is 0 Å². The summed E-state index contributed by atoms with van der Waals surface area (Å²) in [5, 5.41) is 3.44. The van der Waals surface area contributed by atoms with Gasteiger partial charge in [0.15, 0.2) is 0 Å². The van der Waals surface area contributed by atoms with Crippen LogP contribution in [0.1, 0.15) is 12.8 Å². The van der Waals surface area contributed by atoms with Crippen LogP contribution >= 0.6 is 0 Å². The third-order valence-corrected chi connectivity index (χ3v) is 3.38. The zero-order valence-electron chi connectivity index (χ0n) is 10.6. The molecule has 1 fully saturated rings. The fourth-order valence-electron chi connectivity index (χ4n) is 2.13. The number of likely N-dealkylation sites (tertiary alicyclic amines) is 1. The second-order valence-corrected chi connectivity index (χ2v) is 4.72. The van der Waals surface area contributed by atoms with E-state index in [9.17, 15) is 0 Å². The van der Waals surface area contributed by atoms with E-state index < -0.39 is 0 Å². The van der Waals surface area contributed by atoms with E-state index in [2.05, 4.69) is 22.2 Å². The Kier molecular flexibility index (Phi) is 4.20. The number of anilines is 1. The van der Waals surface area contributed by atoms with Gasteiger partial charge in [0.2, 0.25) is 5.88 Å². The monoisotopic (exact) mass is 235 g/mol. The van der Waals surface area contributed by atoms with Gasteiger partial charge in [-0.3, -0.25) is 0 Å². The number of nitrogens with zero attached hydrogens (tertiary/aromatic N) is 2. The molecule has 0 unspecified atom stereocenters. The van der Waals surface area contributed by atoms with Gasteiger partial charge < -0.3 is 15.0 Å². The molecule has 0 saturated carbocycles. The molecule has 94 valence electrons. The summed E-state index contributed by atoms with van der Waals surface area (Å²) in [5.74, 6) is 1.45. The van der Waals surface area contributed by atoms with Crippen LogP contribution in [0.25, 0.3) is 0 Å². The van der Waals surface area contributed by atoms with Crippen molar-refractivity contribution in [2.75, 3.05) is 39.1 Å². The maximum Gasteiger partial charge on any atom is 0.213 e. The first-order valence-corrected chi connectivity index (χ1v) is 6.20. The second kappa shape index (κ2) is 5.87. The lowest BCUT2D eigenvalue weighted by molar-refractivity contribution is 0.226. The molecule has 1 aliphatic heterocycles. The number of hydrogen-bond donors (Lipinski definition) is 1. The number of rotatable bonds is 4. The highest BCUT2D eigenvalue weighted by atomic mass is 16.5. The minimum Gasteiger partial charge on any atom is -0.481 e. The molecule has 0 atom stereocenters. The second-order valence-electron chi connectivity index (χ2n) is 4.72. The number of piperidine rings is 1. The van der Waals surface area contributed by atoms with Crippen LogP contribution in [0.5, 0.6) is 5.88 Å². The molecule has 1 aliphatic rings. The third kappa shape index (κ3) is 3.60. The predicted octanol–water partition coefficient (Wildman–Crippen LogP) is 1.84. The van der Waals surface area contributed by atoms with Crippen molar-refractivity contribution in [1.82, 2.24) is 9.88 Å². The molecular weight excluding hydrogens is 214 g/mol. The average Bonchev–Trinajstić information content (AvgIpc) is 2.39. The molecule has 1 aromatic rings. The van der Waals surface area contributed by atoms with Crippen LogP contribution in [0.2, 0.25) is 0 Å². The Morgan fingerprint density at radius 1 is 1.41 bits per heavy atom. The molecule has 0 radical (unpaired) electrons. The molecule has 1 N–H and O–H groups in total. The van der Waals surface area contributed by atoms with Crippen LogP contribution in [-0.4, -0.2) is 43.7 Å². The lowest BCUT2D eigenvalue weighted by atomic mass is 9.97. The lowest BCUT2D eigenvalue weighted by Crippen LogP contribution is -2.32. The van der Waals surface area contributed by atoms with Crippen molar-refractivity contribution in [2.45, 2.75) is 12.8 Å². The third-order valence-electron chi connectivity index (χ3n) is 3.38. The number of aromatic nitrogens is 1. The van der Waals surface area contributed by atoms with Gasteiger partial charge in [-0.1, -0.05) is 0 Å². The van der Waals surface area contributed by atoms with Gasteiger partial charge in [0, 0.05) is 12.6 Å².